The molecule has 0 spiro atoms. The van der Waals surface area contributed by atoms with Gasteiger partial charge >= 0.3 is 0 Å². The SMILES string of the molecule is CC1CN(C(C)CNc2ncnc3sccc23)CC(C)O1. The molecule has 0 aliphatic carbocycles. The maximum atomic E-state index is 5.80. The summed E-state index contributed by atoms with van der Waals surface area (Å²) in [4.78, 5) is 12.2. The standard InChI is InChI=1S/C15H22N4OS/c1-10(19-7-11(2)20-12(3)8-19)6-16-14-13-4-5-21-15(13)18-9-17-14/h4-5,9-12H,6-8H2,1-3H3,(H,16,17,18). The summed E-state index contributed by atoms with van der Waals surface area (Å²) in [6.07, 6.45) is 2.24. The third-order valence-electron chi connectivity index (χ3n) is 3.90. The molecule has 0 bridgehead atoms. The van der Waals surface area contributed by atoms with Gasteiger partial charge in [-0.2, -0.15) is 0 Å². The molecule has 2 aromatic rings. The van der Waals surface area contributed by atoms with Crippen molar-refractivity contribution in [2.45, 2.75) is 39.0 Å². The van der Waals surface area contributed by atoms with E-state index in [1.807, 2.05) is 0 Å². The summed E-state index contributed by atoms with van der Waals surface area (Å²) in [6, 6.07) is 2.52. The first kappa shape index (κ1) is 14.7. The van der Waals surface area contributed by atoms with Crippen molar-refractivity contribution < 1.29 is 4.74 Å². The van der Waals surface area contributed by atoms with E-state index in [9.17, 15) is 0 Å². The highest BCUT2D eigenvalue weighted by molar-refractivity contribution is 7.16. The van der Waals surface area contributed by atoms with Crippen LogP contribution < -0.4 is 5.32 Å². The maximum Gasteiger partial charge on any atom is 0.138 e. The number of hydrogen-bond acceptors (Lipinski definition) is 6. The van der Waals surface area contributed by atoms with Gasteiger partial charge in [-0.05, 0) is 32.2 Å². The molecule has 3 unspecified atom stereocenters. The van der Waals surface area contributed by atoms with Crippen LogP contribution in [0.3, 0.4) is 0 Å². The molecule has 1 aliphatic rings. The summed E-state index contributed by atoms with van der Waals surface area (Å²) in [6.45, 7) is 9.39. The van der Waals surface area contributed by atoms with Crippen LogP contribution in [0.15, 0.2) is 17.8 Å². The molecule has 1 fully saturated rings. The molecule has 21 heavy (non-hydrogen) atoms. The first-order chi connectivity index (χ1) is 10.1. The van der Waals surface area contributed by atoms with Crippen molar-refractivity contribution in [1.82, 2.24) is 14.9 Å². The van der Waals surface area contributed by atoms with E-state index in [2.05, 4.69) is 52.4 Å². The fourth-order valence-corrected chi connectivity index (χ4v) is 3.61. The van der Waals surface area contributed by atoms with Crippen LogP contribution in [0, 0.1) is 0 Å². The van der Waals surface area contributed by atoms with E-state index in [4.69, 9.17) is 4.74 Å². The number of nitrogens with one attached hydrogen (secondary N) is 1. The molecule has 1 saturated heterocycles. The average molecular weight is 306 g/mol. The summed E-state index contributed by atoms with van der Waals surface area (Å²) in [5.74, 6) is 0.933. The van der Waals surface area contributed by atoms with Gasteiger partial charge in [0.15, 0.2) is 0 Å². The molecular formula is C15H22N4OS. The number of hydrogen-bond donors (Lipinski definition) is 1. The summed E-state index contributed by atoms with van der Waals surface area (Å²) in [5.41, 5.74) is 0. The lowest BCUT2D eigenvalue weighted by Gasteiger charge is -2.39. The molecule has 0 aromatic carbocycles. The molecule has 1 N–H and O–H groups in total. The predicted molar refractivity (Wildman–Crippen MR) is 86.9 cm³/mol. The van der Waals surface area contributed by atoms with Crippen LogP contribution in [-0.2, 0) is 4.74 Å². The Balaban J connectivity index is 1.63. The molecule has 114 valence electrons. The molecule has 3 atom stereocenters. The van der Waals surface area contributed by atoms with E-state index in [0.29, 0.717) is 18.2 Å². The molecular weight excluding hydrogens is 284 g/mol. The second-order valence-electron chi connectivity index (χ2n) is 5.80. The number of anilines is 1. The second kappa shape index (κ2) is 6.25. The van der Waals surface area contributed by atoms with Crippen molar-refractivity contribution >= 4 is 27.4 Å². The Morgan fingerprint density at radius 2 is 2.14 bits per heavy atom. The van der Waals surface area contributed by atoms with Crippen LogP contribution in [-0.4, -0.2) is 52.8 Å². The van der Waals surface area contributed by atoms with Crippen LogP contribution >= 0.6 is 11.3 Å². The summed E-state index contributed by atoms with van der Waals surface area (Å²) >= 11 is 1.65. The molecule has 5 nitrogen and oxygen atoms in total. The molecule has 6 heteroatoms. The number of morpholine rings is 1. The largest absolute Gasteiger partial charge is 0.373 e. The van der Waals surface area contributed by atoms with Crippen molar-refractivity contribution in [1.29, 1.82) is 0 Å². The quantitative estimate of drug-likeness (QED) is 0.941. The molecule has 0 amide bonds. The number of fused-ring (bicyclic) bond motifs is 1. The van der Waals surface area contributed by atoms with Crippen molar-refractivity contribution in [3.05, 3.63) is 17.8 Å². The van der Waals surface area contributed by atoms with Crippen molar-refractivity contribution in [2.75, 3.05) is 25.0 Å². The van der Waals surface area contributed by atoms with Crippen LogP contribution in [0.4, 0.5) is 5.82 Å². The fraction of sp³-hybridized carbons (Fsp3) is 0.600. The third kappa shape index (κ3) is 3.33. The maximum absolute atomic E-state index is 5.80. The van der Waals surface area contributed by atoms with Crippen LogP contribution in [0.5, 0.6) is 0 Å². The monoisotopic (exact) mass is 306 g/mol. The minimum atomic E-state index is 0.304. The fourth-order valence-electron chi connectivity index (χ4n) is 2.88. The Morgan fingerprint density at radius 1 is 1.38 bits per heavy atom. The van der Waals surface area contributed by atoms with Gasteiger partial charge in [-0.1, -0.05) is 0 Å². The van der Waals surface area contributed by atoms with Crippen LogP contribution in [0.1, 0.15) is 20.8 Å². The number of ether oxygens (including phenoxy) is 1. The zero-order chi connectivity index (χ0) is 14.8. The Kier molecular flexibility index (Phi) is 4.37. The van der Waals surface area contributed by atoms with E-state index in [1.54, 1.807) is 17.7 Å². The Bertz CT molecular complexity index is 592. The van der Waals surface area contributed by atoms with Gasteiger partial charge in [0.2, 0.25) is 0 Å². The number of rotatable bonds is 4. The van der Waals surface area contributed by atoms with Gasteiger partial charge in [0, 0.05) is 25.7 Å². The lowest BCUT2D eigenvalue weighted by atomic mass is 10.1. The molecule has 0 saturated carbocycles. The zero-order valence-corrected chi connectivity index (χ0v) is 13.6. The number of thiophene rings is 1. The topological polar surface area (TPSA) is 50.3 Å². The number of nitrogens with zero attached hydrogens (tertiary/aromatic N) is 3. The average Bonchev–Trinajstić information content (AvgIpc) is 2.92. The highest BCUT2D eigenvalue weighted by Crippen LogP contribution is 2.24. The molecule has 3 heterocycles. The van der Waals surface area contributed by atoms with Gasteiger partial charge in [-0.25, -0.2) is 9.97 Å². The molecule has 0 radical (unpaired) electrons. The van der Waals surface area contributed by atoms with Crippen molar-refractivity contribution in [2.24, 2.45) is 0 Å². The van der Waals surface area contributed by atoms with E-state index in [1.165, 1.54) is 0 Å². The normalized spacial score (nSPS) is 25.1. The van der Waals surface area contributed by atoms with Gasteiger partial charge in [0.25, 0.3) is 0 Å². The Morgan fingerprint density at radius 3 is 2.90 bits per heavy atom. The molecule has 3 rings (SSSR count). The summed E-state index contributed by atoms with van der Waals surface area (Å²) < 4.78 is 5.80. The first-order valence-electron chi connectivity index (χ1n) is 7.45. The predicted octanol–water partition coefficient (Wildman–Crippen LogP) is 2.60. The lowest BCUT2D eigenvalue weighted by molar-refractivity contribution is -0.0769. The minimum absolute atomic E-state index is 0.304. The number of aromatic nitrogens is 2. The zero-order valence-electron chi connectivity index (χ0n) is 12.7. The summed E-state index contributed by atoms with van der Waals surface area (Å²) in [7, 11) is 0. The second-order valence-corrected chi connectivity index (χ2v) is 6.70. The first-order valence-corrected chi connectivity index (χ1v) is 8.33. The van der Waals surface area contributed by atoms with E-state index >= 15 is 0 Å². The highest BCUT2D eigenvalue weighted by atomic mass is 32.1. The van der Waals surface area contributed by atoms with Gasteiger partial charge < -0.3 is 10.1 Å². The van der Waals surface area contributed by atoms with Crippen LogP contribution in [0.25, 0.3) is 10.2 Å². The molecule has 2 aromatic heterocycles. The van der Waals surface area contributed by atoms with E-state index in [-0.39, 0.29) is 0 Å². The van der Waals surface area contributed by atoms with Crippen LogP contribution in [0.2, 0.25) is 0 Å². The lowest BCUT2D eigenvalue weighted by Crippen LogP contribution is -2.51. The van der Waals surface area contributed by atoms with Crippen molar-refractivity contribution in [3.8, 4) is 0 Å². The van der Waals surface area contributed by atoms with Gasteiger partial charge in [0.05, 0.1) is 17.6 Å². The van der Waals surface area contributed by atoms with Gasteiger partial charge in [-0.15, -0.1) is 11.3 Å². The molecule has 1 aliphatic heterocycles. The minimum Gasteiger partial charge on any atom is -0.373 e. The summed E-state index contributed by atoms with van der Waals surface area (Å²) in [5, 5.41) is 6.64. The van der Waals surface area contributed by atoms with E-state index in [0.717, 1.165) is 35.7 Å². The van der Waals surface area contributed by atoms with Gasteiger partial charge in [0.1, 0.15) is 17.0 Å². The highest BCUT2D eigenvalue weighted by Gasteiger charge is 2.25. The third-order valence-corrected chi connectivity index (χ3v) is 4.72. The van der Waals surface area contributed by atoms with E-state index < -0.39 is 0 Å². The Hall–Kier alpha value is -1.24. The van der Waals surface area contributed by atoms with Crippen molar-refractivity contribution in [3.63, 3.8) is 0 Å². The van der Waals surface area contributed by atoms with Gasteiger partial charge in [-0.3, -0.25) is 4.90 Å². The Labute approximate surface area is 129 Å². The smallest absolute Gasteiger partial charge is 0.138 e.